The third-order valence-electron chi connectivity index (χ3n) is 1.95. The summed E-state index contributed by atoms with van der Waals surface area (Å²) in [5, 5.41) is 12.9. The third-order valence-corrected chi connectivity index (χ3v) is 3.10. The molecule has 0 saturated heterocycles. The smallest absolute Gasteiger partial charge is 0.0758 e. The highest BCUT2D eigenvalue weighted by Crippen LogP contribution is 2.17. The molecule has 0 saturated carbocycles. The topological polar surface area (TPSA) is 32.3 Å². The van der Waals surface area contributed by atoms with Crippen LogP contribution < -0.4 is 5.32 Å². The molecule has 1 rings (SSSR count). The normalized spacial score (nSPS) is 13.1. The molecule has 15 heavy (non-hydrogen) atoms. The maximum Gasteiger partial charge on any atom is 0.0758 e. The second-order valence-corrected chi connectivity index (χ2v) is 4.93. The molecule has 2 nitrogen and oxygen atoms in total. The van der Waals surface area contributed by atoms with E-state index in [1.54, 1.807) is 11.8 Å². The van der Waals surface area contributed by atoms with Crippen LogP contribution in [0.2, 0.25) is 0 Å². The first-order valence-electron chi connectivity index (χ1n) is 5.28. The Kier molecular flexibility index (Phi) is 5.76. The van der Waals surface area contributed by atoms with Crippen LogP contribution in [0.1, 0.15) is 13.8 Å². The molecule has 3 heteroatoms. The average Bonchev–Trinajstić information content (AvgIpc) is 2.25. The molecular weight excluding hydrogens is 206 g/mol. The van der Waals surface area contributed by atoms with Gasteiger partial charge in [-0.15, -0.1) is 11.8 Å². The molecule has 0 aliphatic rings. The van der Waals surface area contributed by atoms with Gasteiger partial charge in [-0.05, 0) is 12.1 Å². The van der Waals surface area contributed by atoms with Crippen LogP contribution in [0.5, 0.6) is 0 Å². The first-order valence-corrected chi connectivity index (χ1v) is 6.26. The number of aliphatic hydroxyl groups is 1. The molecule has 1 aromatic rings. The summed E-state index contributed by atoms with van der Waals surface area (Å²) >= 11 is 1.69. The van der Waals surface area contributed by atoms with E-state index in [0.717, 1.165) is 5.75 Å². The number of hydrogen-bond donors (Lipinski definition) is 2. The summed E-state index contributed by atoms with van der Waals surface area (Å²) in [4.78, 5) is 1.21. The largest absolute Gasteiger partial charge is 0.391 e. The highest BCUT2D eigenvalue weighted by atomic mass is 32.2. The summed E-state index contributed by atoms with van der Waals surface area (Å²) in [5.74, 6) is 0.740. The van der Waals surface area contributed by atoms with E-state index in [2.05, 4.69) is 31.3 Å². The van der Waals surface area contributed by atoms with Crippen molar-refractivity contribution in [1.82, 2.24) is 5.32 Å². The fourth-order valence-corrected chi connectivity index (χ4v) is 1.99. The minimum atomic E-state index is -0.280. The molecule has 0 spiro atoms. The van der Waals surface area contributed by atoms with E-state index in [0.29, 0.717) is 12.6 Å². The molecule has 84 valence electrons. The van der Waals surface area contributed by atoms with Gasteiger partial charge in [0.1, 0.15) is 0 Å². The number of thioether (sulfide) groups is 1. The van der Waals surface area contributed by atoms with E-state index in [4.69, 9.17) is 0 Å². The van der Waals surface area contributed by atoms with Crippen molar-refractivity contribution in [2.24, 2.45) is 0 Å². The average molecular weight is 225 g/mol. The van der Waals surface area contributed by atoms with E-state index in [1.807, 2.05) is 18.2 Å². The van der Waals surface area contributed by atoms with Crippen LogP contribution in [0, 0.1) is 0 Å². The van der Waals surface area contributed by atoms with Crippen LogP contribution in [0.15, 0.2) is 35.2 Å². The van der Waals surface area contributed by atoms with E-state index in [1.165, 1.54) is 4.90 Å². The summed E-state index contributed by atoms with van der Waals surface area (Å²) in [6.07, 6.45) is -0.280. The van der Waals surface area contributed by atoms with Crippen LogP contribution in [-0.4, -0.2) is 29.5 Å². The fourth-order valence-electron chi connectivity index (χ4n) is 1.14. The van der Waals surface area contributed by atoms with Gasteiger partial charge in [-0.2, -0.15) is 0 Å². The molecule has 0 heterocycles. The lowest BCUT2D eigenvalue weighted by molar-refractivity contribution is 0.192. The zero-order valence-corrected chi connectivity index (χ0v) is 10.1. The molecule has 1 atom stereocenters. The lowest BCUT2D eigenvalue weighted by Crippen LogP contribution is -2.33. The SMILES string of the molecule is CC(C)NC[C@@H](O)CSc1ccccc1. The number of rotatable bonds is 6. The Morgan fingerprint density at radius 1 is 1.27 bits per heavy atom. The second kappa shape index (κ2) is 6.88. The standard InChI is InChI=1S/C12H19NOS/c1-10(2)13-8-11(14)9-15-12-6-4-3-5-7-12/h3-7,10-11,13-14H,8-9H2,1-2H3/t11-/m1/s1. The van der Waals surface area contributed by atoms with Gasteiger partial charge >= 0.3 is 0 Å². The molecule has 0 aromatic heterocycles. The van der Waals surface area contributed by atoms with Gasteiger partial charge in [0, 0.05) is 23.2 Å². The lowest BCUT2D eigenvalue weighted by Gasteiger charge is -2.13. The number of benzene rings is 1. The van der Waals surface area contributed by atoms with E-state index >= 15 is 0 Å². The van der Waals surface area contributed by atoms with Gasteiger partial charge in [-0.1, -0.05) is 32.0 Å². The number of hydrogen-bond acceptors (Lipinski definition) is 3. The van der Waals surface area contributed by atoms with Crippen molar-refractivity contribution in [3.8, 4) is 0 Å². The zero-order chi connectivity index (χ0) is 11.1. The first kappa shape index (κ1) is 12.6. The van der Waals surface area contributed by atoms with Gasteiger partial charge in [-0.3, -0.25) is 0 Å². The Labute approximate surface area is 96.1 Å². The molecule has 0 aliphatic carbocycles. The minimum absolute atomic E-state index is 0.280. The number of nitrogens with one attached hydrogen (secondary N) is 1. The van der Waals surface area contributed by atoms with Crippen molar-refractivity contribution in [1.29, 1.82) is 0 Å². The molecule has 2 N–H and O–H groups in total. The Bertz CT molecular complexity index is 264. The Morgan fingerprint density at radius 3 is 2.53 bits per heavy atom. The molecule has 0 amide bonds. The monoisotopic (exact) mass is 225 g/mol. The Balaban J connectivity index is 2.19. The van der Waals surface area contributed by atoms with Crippen molar-refractivity contribution in [3.63, 3.8) is 0 Å². The first-order chi connectivity index (χ1) is 7.18. The molecule has 0 fully saturated rings. The van der Waals surface area contributed by atoms with Crippen molar-refractivity contribution >= 4 is 11.8 Å². The summed E-state index contributed by atoms with van der Waals surface area (Å²) in [7, 11) is 0. The van der Waals surface area contributed by atoms with Crippen LogP contribution in [0.3, 0.4) is 0 Å². The molecular formula is C12H19NOS. The molecule has 1 aromatic carbocycles. The van der Waals surface area contributed by atoms with Gasteiger partial charge in [0.05, 0.1) is 6.10 Å². The van der Waals surface area contributed by atoms with Crippen LogP contribution >= 0.6 is 11.8 Å². The van der Waals surface area contributed by atoms with E-state index < -0.39 is 0 Å². The second-order valence-electron chi connectivity index (χ2n) is 3.84. The van der Waals surface area contributed by atoms with Crippen LogP contribution in [0.25, 0.3) is 0 Å². The van der Waals surface area contributed by atoms with E-state index in [9.17, 15) is 5.11 Å². The van der Waals surface area contributed by atoms with Crippen LogP contribution in [-0.2, 0) is 0 Å². The maximum atomic E-state index is 9.68. The number of aliphatic hydroxyl groups excluding tert-OH is 1. The highest BCUT2D eigenvalue weighted by Gasteiger charge is 2.05. The third kappa shape index (κ3) is 5.82. The van der Waals surface area contributed by atoms with Gasteiger partial charge in [0.2, 0.25) is 0 Å². The summed E-state index contributed by atoms with van der Waals surface area (Å²) in [6.45, 7) is 4.83. The summed E-state index contributed by atoms with van der Waals surface area (Å²) < 4.78 is 0. The zero-order valence-electron chi connectivity index (χ0n) is 9.31. The van der Waals surface area contributed by atoms with Gasteiger partial charge < -0.3 is 10.4 Å². The van der Waals surface area contributed by atoms with Crippen molar-refractivity contribution in [3.05, 3.63) is 30.3 Å². The van der Waals surface area contributed by atoms with Crippen molar-refractivity contribution in [2.45, 2.75) is 30.9 Å². The molecule has 0 unspecified atom stereocenters. The van der Waals surface area contributed by atoms with E-state index in [-0.39, 0.29) is 6.10 Å². The summed E-state index contributed by atoms with van der Waals surface area (Å²) in [5.41, 5.74) is 0. The summed E-state index contributed by atoms with van der Waals surface area (Å²) in [6, 6.07) is 10.6. The fraction of sp³-hybridized carbons (Fsp3) is 0.500. The van der Waals surface area contributed by atoms with Gasteiger partial charge in [-0.25, -0.2) is 0 Å². The van der Waals surface area contributed by atoms with Gasteiger partial charge in [0.25, 0.3) is 0 Å². The van der Waals surface area contributed by atoms with Crippen molar-refractivity contribution in [2.75, 3.05) is 12.3 Å². The van der Waals surface area contributed by atoms with Gasteiger partial charge in [0.15, 0.2) is 0 Å². The molecule has 0 radical (unpaired) electrons. The Hall–Kier alpha value is -0.510. The lowest BCUT2D eigenvalue weighted by atomic mass is 10.3. The quantitative estimate of drug-likeness (QED) is 0.728. The maximum absolute atomic E-state index is 9.68. The molecule has 0 bridgehead atoms. The molecule has 0 aliphatic heterocycles. The van der Waals surface area contributed by atoms with Crippen LogP contribution in [0.4, 0.5) is 0 Å². The predicted molar refractivity (Wildman–Crippen MR) is 66.3 cm³/mol. The minimum Gasteiger partial charge on any atom is -0.391 e. The highest BCUT2D eigenvalue weighted by molar-refractivity contribution is 7.99. The predicted octanol–water partition coefficient (Wildman–Crippen LogP) is 2.14. The Morgan fingerprint density at radius 2 is 1.93 bits per heavy atom. The van der Waals surface area contributed by atoms with Crippen molar-refractivity contribution < 1.29 is 5.11 Å².